The predicted molar refractivity (Wildman–Crippen MR) is 87.0 cm³/mol. The maximum atomic E-state index is 5.71. The molecule has 0 radical (unpaired) electrons. The van der Waals surface area contributed by atoms with Crippen molar-refractivity contribution in [2.45, 2.75) is 12.6 Å². The number of hydrogen-bond acceptors (Lipinski definition) is 6. The summed E-state index contributed by atoms with van der Waals surface area (Å²) >= 11 is 0. The first kappa shape index (κ1) is 15.4. The predicted octanol–water partition coefficient (Wildman–Crippen LogP) is 1.65. The van der Waals surface area contributed by atoms with Gasteiger partial charge in [-0.2, -0.15) is 5.10 Å². The van der Waals surface area contributed by atoms with Crippen LogP contribution in [0, 0.1) is 0 Å². The van der Waals surface area contributed by atoms with Crippen molar-refractivity contribution in [2.24, 2.45) is 0 Å². The molecular formula is C17H21N3O4. The summed E-state index contributed by atoms with van der Waals surface area (Å²) in [6.45, 7) is 3.90. The van der Waals surface area contributed by atoms with Crippen LogP contribution in [0.15, 0.2) is 24.4 Å². The number of aromatic amines is 1. The van der Waals surface area contributed by atoms with E-state index in [4.69, 9.17) is 18.9 Å². The summed E-state index contributed by atoms with van der Waals surface area (Å²) in [5, 5.41) is 7.31. The van der Waals surface area contributed by atoms with Crippen molar-refractivity contribution in [3.05, 3.63) is 30.0 Å². The Labute approximate surface area is 140 Å². The van der Waals surface area contributed by atoms with Crippen LogP contribution in [0.25, 0.3) is 11.3 Å². The third kappa shape index (κ3) is 3.24. The number of hydrogen-bond donors (Lipinski definition) is 1. The minimum absolute atomic E-state index is 0.129. The minimum Gasteiger partial charge on any atom is -0.454 e. The molecule has 24 heavy (non-hydrogen) atoms. The van der Waals surface area contributed by atoms with Gasteiger partial charge in [-0.25, -0.2) is 0 Å². The van der Waals surface area contributed by atoms with Crippen molar-refractivity contribution in [1.29, 1.82) is 0 Å². The molecule has 4 rings (SSSR count). The average molecular weight is 331 g/mol. The highest BCUT2D eigenvalue weighted by Crippen LogP contribution is 2.36. The minimum atomic E-state index is 0.129. The fourth-order valence-electron chi connectivity index (χ4n) is 3.08. The van der Waals surface area contributed by atoms with Crippen LogP contribution < -0.4 is 9.47 Å². The SMILES string of the molecule is CN(Cc1cn[nH]c1-c1ccc2c(c1)OCO2)C[C@@H]1COCCO1. The zero-order chi connectivity index (χ0) is 16.4. The normalized spacial score (nSPS) is 19.8. The Hall–Kier alpha value is -2.09. The molecule has 0 amide bonds. The fraction of sp³-hybridized carbons (Fsp3) is 0.471. The van der Waals surface area contributed by atoms with Crippen molar-refractivity contribution in [3.8, 4) is 22.8 Å². The van der Waals surface area contributed by atoms with Crippen LogP contribution in [-0.2, 0) is 16.0 Å². The van der Waals surface area contributed by atoms with Crippen LogP contribution in [-0.4, -0.2) is 61.4 Å². The summed E-state index contributed by atoms with van der Waals surface area (Å²) in [5.74, 6) is 1.56. The Morgan fingerprint density at radius 1 is 1.25 bits per heavy atom. The topological polar surface area (TPSA) is 68.8 Å². The van der Waals surface area contributed by atoms with Gasteiger partial charge in [0.1, 0.15) is 0 Å². The standard InChI is InChI=1S/C17H21N3O4/c1-20(9-14-10-21-4-5-22-14)8-13-7-18-19-17(13)12-2-3-15-16(6-12)24-11-23-15/h2-3,6-7,14H,4-5,8-11H2,1H3,(H,18,19)/t14-/m1/s1. The molecule has 1 saturated heterocycles. The lowest BCUT2D eigenvalue weighted by molar-refractivity contribution is -0.0962. The van der Waals surface area contributed by atoms with E-state index < -0.39 is 0 Å². The Morgan fingerprint density at radius 2 is 2.17 bits per heavy atom. The number of benzene rings is 1. The first-order valence-electron chi connectivity index (χ1n) is 8.10. The summed E-state index contributed by atoms with van der Waals surface area (Å²) < 4.78 is 22.0. The summed E-state index contributed by atoms with van der Waals surface area (Å²) in [4.78, 5) is 2.22. The number of fused-ring (bicyclic) bond motifs is 1. The van der Waals surface area contributed by atoms with Gasteiger partial charge in [0.15, 0.2) is 11.5 Å². The van der Waals surface area contributed by atoms with Crippen LogP contribution in [0.4, 0.5) is 0 Å². The molecule has 0 spiro atoms. The molecule has 0 saturated carbocycles. The van der Waals surface area contributed by atoms with Gasteiger partial charge in [-0.05, 0) is 25.2 Å². The maximum Gasteiger partial charge on any atom is 0.231 e. The van der Waals surface area contributed by atoms with Gasteiger partial charge in [-0.3, -0.25) is 10.00 Å². The van der Waals surface area contributed by atoms with Crippen molar-refractivity contribution in [1.82, 2.24) is 15.1 Å². The number of likely N-dealkylation sites (N-methyl/N-ethyl adjacent to an activating group) is 1. The summed E-state index contributed by atoms with van der Waals surface area (Å²) in [7, 11) is 2.08. The molecule has 1 aromatic heterocycles. The third-order valence-electron chi connectivity index (χ3n) is 4.22. The molecule has 3 heterocycles. The van der Waals surface area contributed by atoms with Gasteiger partial charge in [0.25, 0.3) is 0 Å². The Bertz CT molecular complexity index is 697. The monoisotopic (exact) mass is 331 g/mol. The number of aromatic nitrogens is 2. The highest BCUT2D eigenvalue weighted by atomic mass is 16.7. The highest BCUT2D eigenvalue weighted by Gasteiger charge is 2.19. The second-order valence-corrected chi connectivity index (χ2v) is 6.10. The molecule has 1 aromatic carbocycles. The van der Waals surface area contributed by atoms with E-state index in [1.54, 1.807) is 0 Å². The largest absolute Gasteiger partial charge is 0.454 e. The molecule has 0 aliphatic carbocycles. The molecule has 1 atom stereocenters. The van der Waals surface area contributed by atoms with E-state index in [2.05, 4.69) is 22.1 Å². The Balaban J connectivity index is 1.46. The van der Waals surface area contributed by atoms with Crippen molar-refractivity contribution in [3.63, 3.8) is 0 Å². The summed E-state index contributed by atoms with van der Waals surface area (Å²) in [6.07, 6.45) is 2.00. The van der Waals surface area contributed by atoms with Crippen LogP contribution >= 0.6 is 0 Å². The zero-order valence-corrected chi connectivity index (χ0v) is 13.7. The van der Waals surface area contributed by atoms with Gasteiger partial charge in [0, 0.05) is 24.2 Å². The summed E-state index contributed by atoms with van der Waals surface area (Å²) in [5.41, 5.74) is 3.17. The second-order valence-electron chi connectivity index (χ2n) is 6.10. The molecule has 1 fully saturated rings. The van der Waals surface area contributed by atoms with Crippen LogP contribution in [0.3, 0.4) is 0 Å². The maximum absolute atomic E-state index is 5.71. The molecule has 128 valence electrons. The Kier molecular flexibility index (Phi) is 4.38. The van der Waals surface area contributed by atoms with E-state index >= 15 is 0 Å². The van der Waals surface area contributed by atoms with E-state index in [-0.39, 0.29) is 12.9 Å². The third-order valence-corrected chi connectivity index (χ3v) is 4.22. The molecular weight excluding hydrogens is 310 g/mol. The first-order chi connectivity index (χ1) is 11.8. The van der Waals surface area contributed by atoms with Crippen LogP contribution in [0.1, 0.15) is 5.56 Å². The number of rotatable bonds is 5. The highest BCUT2D eigenvalue weighted by molar-refractivity contribution is 5.66. The van der Waals surface area contributed by atoms with Crippen LogP contribution in [0.2, 0.25) is 0 Å². The van der Waals surface area contributed by atoms with Crippen molar-refractivity contribution < 1.29 is 18.9 Å². The van der Waals surface area contributed by atoms with Gasteiger partial charge in [0.2, 0.25) is 6.79 Å². The molecule has 7 nitrogen and oxygen atoms in total. The van der Waals surface area contributed by atoms with Crippen LogP contribution in [0.5, 0.6) is 11.5 Å². The van der Waals surface area contributed by atoms with Crippen molar-refractivity contribution in [2.75, 3.05) is 40.2 Å². The molecule has 7 heteroatoms. The van der Waals surface area contributed by atoms with E-state index in [1.165, 1.54) is 0 Å². The first-order valence-corrected chi connectivity index (χ1v) is 8.10. The molecule has 0 unspecified atom stereocenters. The van der Waals surface area contributed by atoms with Gasteiger partial charge in [-0.15, -0.1) is 0 Å². The molecule has 0 bridgehead atoms. The zero-order valence-electron chi connectivity index (χ0n) is 13.7. The lowest BCUT2D eigenvalue weighted by Crippen LogP contribution is -2.38. The smallest absolute Gasteiger partial charge is 0.231 e. The lowest BCUT2D eigenvalue weighted by atomic mass is 10.1. The van der Waals surface area contributed by atoms with Gasteiger partial charge in [-0.1, -0.05) is 0 Å². The molecule has 2 aliphatic rings. The fourth-order valence-corrected chi connectivity index (χ4v) is 3.08. The van der Waals surface area contributed by atoms with E-state index in [1.807, 2.05) is 24.4 Å². The number of nitrogens with zero attached hydrogens (tertiary/aromatic N) is 2. The molecule has 1 N–H and O–H groups in total. The number of nitrogens with one attached hydrogen (secondary N) is 1. The van der Waals surface area contributed by atoms with Crippen molar-refractivity contribution >= 4 is 0 Å². The van der Waals surface area contributed by atoms with E-state index in [0.717, 1.165) is 41.4 Å². The quantitative estimate of drug-likeness (QED) is 0.898. The van der Waals surface area contributed by atoms with Gasteiger partial charge in [0.05, 0.1) is 37.8 Å². The lowest BCUT2D eigenvalue weighted by Gasteiger charge is -2.27. The Morgan fingerprint density at radius 3 is 3.04 bits per heavy atom. The number of H-pyrrole nitrogens is 1. The van der Waals surface area contributed by atoms with Gasteiger partial charge >= 0.3 is 0 Å². The molecule has 2 aliphatic heterocycles. The second kappa shape index (κ2) is 6.80. The number of ether oxygens (including phenoxy) is 4. The molecule has 2 aromatic rings. The van der Waals surface area contributed by atoms with E-state index in [9.17, 15) is 0 Å². The average Bonchev–Trinajstić information content (AvgIpc) is 3.23. The van der Waals surface area contributed by atoms with Gasteiger partial charge < -0.3 is 18.9 Å². The summed E-state index contributed by atoms with van der Waals surface area (Å²) in [6, 6.07) is 5.93. The van der Waals surface area contributed by atoms with E-state index in [0.29, 0.717) is 19.8 Å².